The van der Waals surface area contributed by atoms with E-state index < -0.39 is 0 Å². The molecular formula is C8H5ClN4S. The van der Waals surface area contributed by atoms with Crippen LogP contribution in [0.2, 0.25) is 5.15 Å². The molecule has 14 heavy (non-hydrogen) atoms. The van der Waals surface area contributed by atoms with Gasteiger partial charge in [-0.25, -0.2) is 9.97 Å². The number of halogens is 1. The molecule has 0 amide bonds. The SMILES string of the molecule is CCSc1nc(C#N)c(C#N)nc1Cl. The van der Waals surface area contributed by atoms with Gasteiger partial charge < -0.3 is 0 Å². The van der Waals surface area contributed by atoms with Crippen LogP contribution in [0, 0.1) is 22.7 Å². The van der Waals surface area contributed by atoms with E-state index in [2.05, 4.69) is 9.97 Å². The number of thioether (sulfide) groups is 1. The molecule has 1 rings (SSSR count). The van der Waals surface area contributed by atoms with Crippen LogP contribution in [0.4, 0.5) is 0 Å². The molecule has 4 nitrogen and oxygen atoms in total. The molecule has 0 atom stereocenters. The van der Waals surface area contributed by atoms with Crippen LogP contribution in [0.25, 0.3) is 0 Å². The molecule has 0 saturated carbocycles. The van der Waals surface area contributed by atoms with Gasteiger partial charge >= 0.3 is 0 Å². The molecule has 6 heteroatoms. The summed E-state index contributed by atoms with van der Waals surface area (Å²) in [7, 11) is 0. The predicted molar refractivity (Wildman–Crippen MR) is 52.9 cm³/mol. The van der Waals surface area contributed by atoms with Crippen molar-refractivity contribution in [2.75, 3.05) is 5.75 Å². The van der Waals surface area contributed by atoms with Crippen LogP contribution in [-0.4, -0.2) is 15.7 Å². The van der Waals surface area contributed by atoms with Crippen LogP contribution in [0.3, 0.4) is 0 Å². The van der Waals surface area contributed by atoms with Crippen LogP contribution < -0.4 is 0 Å². The maximum atomic E-state index is 8.68. The predicted octanol–water partition coefficient (Wildman–Crippen LogP) is 1.99. The summed E-state index contributed by atoms with van der Waals surface area (Å²) in [6, 6.07) is 3.57. The lowest BCUT2D eigenvalue weighted by Crippen LogP contribution is -1.97. The van der Waals surface area contributed by atoms with Crippen LogP contribution in [0.15, 0.2) is 5.03 Å². The lowest BCUT2D eigenvalue weighted by atomic mass is 10.3. The molecule has 0 fully saturated rings. The molecule has 0 radical (unpaired) electrons. The Morgan fingerprint density at radius 3 is 2.36 bits per heavy atom. The fourth-order valence-electron chi connectivity index (χ4n) is 0.784. The van der Waals surface area contributed by atoms with Crippen molar-refractivity contribution in [3.05, 3.63) is 16.5 Å². The van der Waals surface area contributed by atoms with E-state index in [1.807, 2.05) is 6.92 Å². The van der Waals surface area contributed by atoms with E-state index in [9.17, 15) is 0 Å². The molecule has 0 saturated heterocycles. The Hall–Kier alpha value is -1.30. The molecule has 0 aliphatic carbocycles. The van der Waals surface area contributed by atoms with Crippen molar-refractivity contribution >= 4 is 23.4 Å². The minimum atomic E-state index is -0.0297. The third-order valence-electron chi connectivity index (χ3n) is 1.32. The van der Waals surface area contributed by atoms with Crippen molar-refractivity contribution in [3.8, 4) is 12.1 Å². The molecule has 0 spiro atoms. The zero-order valence-corrected chi connectivity index (χ0v) is 8.85. The van der Waals surface area contributed by atoms with Gasteiger partial charge in [0.1, 0.15) is 17.2 Å². The van der Waals surface area contributed by atoms with Gasteiger partial charge in [0.05, 0.1) is 0 Å². The second-order valence-electron chi connectivity index (χ2n) is 2.17. The number of aromatic nitrogens is 2. The van der Waals surface area contributed by atoms with Crippen molar-refractivity contribution in [1.82, 2.24) is 9.97 Å². The first-order valence-corrected chi connectivity index (χ1v) is 5.09. The van der Waals surface area contributed by atoms with Gasteiger partial charge in [0.15, 0.2) is 16.5 Å². The molecule has 0 aliphatic rings. The van der Waals surface area contributed by atoms with E-state index in [1.54, 1.807) is 12.1 Å². The highest BCUT2D eigenvalue weighted by Gasteiger charge is 2.11. The Labute approximate surface area is 90.5 Å². The first-order valence-electron chi connectivity index (χ1n) is 3.73. The van der Waals surface area contributed by atoms with Gasteiger partial charge in [-0.05, 0) is 5.75 Å². The Morgan fingerprint density at radius 2 is 1.86 bits per heavy atom. The third-order valence-corrected chi connectivity index (χ3v) is 2.54. The van der Waals surface area contributed by atoms with E-state index in [1.165, 1.54) is 11.8 Å². The third kappa shape index (κ3) is 2.14. The van der Waals surface area contributed by atoms with Gasteiger partial charge in [-0.2, -0.15) is 10.5 Å². The summed E-state index contributed by atoms with van der Waals surface area (Å²) in [5.74, 6) is 0.783. The van der Waals surface area contributed by atoms with Gasteiger partial charge in [-0.1, -0.05) is 18.5 Å². The summed E-state index contributed by atoms with van der Waals surface area (Å²) in [6.07, 6.45) is 0. The topological polar surface area (TPSA) is 73.4 Å². The van der Waals surface area contributed by atoms with Crippen molar-refractivity contribution in [3.63, 3.8) is 0 Å². The summed E-state index contributed by atoms with van der Waals surface area (Å²) in [6.45, 7) is 1.94. The maximum Gasteiger partial charge on any atom is 0.178 e. The Kier molecular flexibility index (Phi) is 3.70. The van der Waals surface area contributed by atoms with Crippen molar-refractivity contribution in [2.24, 2.45) is 0 Å². The molecule has 0 N–H and O–H groups in total. The number of nitrogens with zero attached hydrogens (tertiary/aromatic N) is 4. The summed E-state index contributed by atoms with van der Waals surface area (Å²) in [5, 5.41) is 18.0. The van der Waals surface area contributed by atoms with Crippen LogP contribution in [0.1, 0.15) is 18.3 Å². The number of hydrogen-bond donors (Lipinski definition) is 0. The van der Waals surface area contributed by atoms with Gasteiger partial charge in [0.2, 0.25) is 0 Å². The van der Waals surface area contributed by atoms with E-state index in [4.69, 9.17) is 22.1 Å². The van der Waals surface area contributed by atoms with Gasteiger partial charge in [0, 0.05) is 0 Å². The van der Waals surface area contributed by atoms with Gasteiger partial charge in [-0.15, -0.1) is 11.8 Å². The zero-order chi connectivity index (χ0) is 10.6. The minimum Gasteiger partial charge on any atom is -0.224 e. The zero-order valence-electron chi connectivity index (χ0n) is 7.28. The van der Waals surface area contributed by atoms with E-state index >= 15 is 0 Å². The van der Waals surface area contributed by atoms with Crippen molar-refractivity contribution in [1.29, 1.82) is 10.5 Å². The Morgan fingerprint density at radius 1 is 1.29 bits per heavy atom. The lowest BCUT2D eigenvalue weighted by molar-refractivity contribution is 1.01. The molecule has 1 aromatic rings. The van der Waals surface area contributed by atoms with Crippen molar-refractivity contribution in [2.45, 2.75) is 11.9 Å². The van der Waals surface area contributed by atoms with Crippen molar-refractivity contribution < 1.29 is 0 Å². The second-order valence-corrected chi connectivity index (χ2v) is 3.78. The normalized spacial score (nSPS) is 9.14. The summed E-state index contributed by atoms with van der Waals surface area (Å²) in [5.41, 5.74) is -0.00852. The first-order chi connectivity index (χ1) is 6.72. The molecular weight excluding hydrogens is 220 g/mol. The molecule has 0 unspecified atom stereocenters. The average Bonchev–Trinajstić information content (AvgIpc) is 2.20. The fourth-order valence-corrected chi connectivity index (χ4v) is 1.67. The average molecular weight is 225 g/mol. The van der Waals surface area contributed by atoms with E-state index in [-0.39, 0.29) is 16.5 Å². The maximum absolute atomic E-state index is 8.68. The quantitative estimate of drug-likeness (QED) is 0.719. The minimum absolute atomic E-state index is 0.0212. The molecule has 1 aromatic heterocycles. The highest BCUT2D eigenvalue weighted by molar-refractivity contribution is 7.99. The first kappa shape index (κ1) is 10.8. The number of nitriles is 2. The second kappa shape index (κ2) is 4.80. The van der Waals surface area contributed by atoms with Crippen LogP contribution in [0.5, 0.6) is 0 Å². The summed E-state index contributed by atoms with van der Waals surface area (Å²) < 4.78 is 0. The van der Waals surface area contributed by atoms with E-state index in [0.29, 0.717) is 5.03 Å². The smallest absolute Gasteiger partial charge is 0.178 e. The molecule has 70 valence electrons. The van der Waals surface area contributed by atoms with E-state index in [0.717, 1.165) is 5.75 Å². The highest BCUT2D eigenvalue weighted by Crippen LogP contribution is 2.23. The van der Waals surface area contributed by atoms with Crippen LogP contribution >= 0.6 is 23.4 Å². The highest BCUT2D eigenvalue weighted by atomic mass is 35.5. The van der Waals surface area contributed by atoms with Gasteiger partial charge in [0.25, 0.3) is 0 Å². The molecule has 1 heterocycles. The number of hydrogen-bond acceptors (Lipinski definition) is 5. The fraction of sp³-hybridized carbons (Fsp3) is 0.250. The molecule has 0 bridgehead atoms. The molecule has 0 aliphatic heterocycles. The summed E-state index contributed by atoms with van der Waals surface area (Å²) >= 11 is 7.15. The van der Waals surface area contributed by atoms with Crippen LogP contribution in [-0.2, 0) is 0 Å². The van der Waals surface area contributed by atoms with Gasteiger partial charge in [-0.3, -0.25) is 0 Å². The Bertz CT molecular complexity index is 432. The lowest BCUT2D eigenvalue weighted by Gasteiger charge is -2.01. The summed E-state index contributed by atoms with van der Waals surface area (Å²) in [4.78, 5) is 7.72. The Balaban J connectivity index is 3.27. The molecule has 0 aromatic carbocycles. The largest absolute Gasteiger partial charge is 0.224 e. The number of rotatable bonds is 2. The monoisotopic (exact) mass is 224 g/mol. The standard InChI is InChI=1S/C8H5ClN4S/c1-2-14-8-7(9)12-5(3-10)6(4-11)13-8/h2H2,1H3.